The summed E-state index contributed by atoms with van der Waals surface area (Å²) in [4.78, 5) is 15.4. The van der Waals surface area contributed by atoms with E-state index in [1.54, 1.807) is 0 Å². The van der Waals surface area contributed by atoms with Gasteiger partial charge in [-0.25, -0.2) is 15.0 Å². The smallest absolute Gasteiger partial charge is 0.164 e. The lowest BCUT2D eigenvalue weighted by Crippen LogP contribution is -2.00. The largest absolute Gasteiger partial charge is 0.208 e. The predicted molar refractivity (Wildman–Crippen MR) is 223 cm³/mol. The molecule has 0 saturated heterocycles. The van der Waals surface area contributed by atoms with E-state index in [1.165, 1.54) is 42.1 Å². The zero-order valence-electron chi connectivity index (χ0n) is 28.6. The van der Waals surface area contributed by atoms with Crippen molar-refractivity contribution in [1.29, 1.82) is 0 Å². The summed E-state index contributed by atoms with van der Waals surface area (Å²) < 4.78 is 2.46. The number of hydrogen-bond acceptors (Lipinski definition) is 4. The lowest BCUT2D eigenvalue weighted by atomic mass is 9.96. The van der Waals surface area contributed by atoms with Gasteiger partial charge >= 0.3 is 0 Å². The normalized spacial score (nSPS) is 11.4. The molecule has 0 radical (unpaired) electrons. The summed E-state index contributed by atoms with van der Waals surface area (Å²) in [5.41, 5.74) is 9.83. The van der Waals surface area contributed by atoms with Gasteiger partial charge in [-0.2, -0.15) is 0 Å². The SMILES string of the molecule is c1ccc(-c2cc(-c3ccccc3)cc(-c3nc(-c4ccccc4)nc(-c4ccc5c(c4)sc4cc(-c6cccc7ccccc67)ccc45)n3)c2)cc1. The van der Waals surface area contributed by atoms with E-state index in [1.807, 2.05) is 41.7 Å². The first-order valence-corrected chi connectivity index (χ1v) is 18.6. The van der Waals surface area contributed by atoms with Crippen molar-refractivity contribution in [3.8, 4) is 67.5 Å². The Morgan fingerprint density at radius 2 is 0.755 bits per heavy atom. The van der Waals surface area contributed by atoms with E-state index in [9.17, 15) is 0 Å². The Balaban J connectivity index is 1.12. The van der Waals surface area contributed by atoms with E-state index < -0.39 is 0 Å². The van der Waals surface area contributed by atoms with Crippen LogP contribution in [0, 0.1) is 0 Å². The number of thiophene rings is 1. The van der Waals surface area contributed by atoms with Crippen molar-refractivity contribution in [3.63, 3.8) is 0 Å². The highest BCUT2D eigenvalue weighted by atomic mass is 32.1. The average molecular weight is 694 g/mol. The second-order valence-corrected chi connectivity index (χ2v) is 14.3. The number of hydrogen-bond donors (Lipinski definition) is 0. The topological polar surface area (TPSA) is 38.7 Å². The number of fused-ring (bicyclic) bond motifs is 4. The van der Waals surface area contributed by atoms with E-state index in [0.29, 0.717) is 17.5 Å². The zero-order valence-corrected chi connectivity index (χ0v) is 29.5. The maximum Gasteiger partial charge on any atom is 0.164 e. The number of nitrogens with zero attached hydrogens (tertiary/aromatic N) is 3. The fourth-order valence-corrected chi connectivity index (χ4v) is 8.45. The van der Waals surface area contributed by atoms with E-state index >= 15 is 0 Å². The Bertz CT molecular complexity index is 2870. The molecule has 0 fully saturated rings. The highest BCUT2D eigenvalue weighted by Gasteiger charge is 2.16. The van der Waals surface area contributed by atoms with Gasteiger partial charge in [0.05, 0.1) is 0 Å². The number of aromatic nitrogens is 3. The molecule has 2 heterocycles. The summed E-state index contributed by atoms with van der Waals surface area (Å²) in [7, 11) is 0. The first-order valence-electron chi connectivity index (χ1n) is 17.8. The molecule has 2 aromatic heterocycles. The quantitative estimate of drug-likeness (QED) is 0.174. The summed E-state index contributed by atoms with van der Waals surface area (Å²) in [5, 5.41) is 5.01. The van der Waals surface area contributed by atoms with E-state index in [-0.39, 0.29) is 0 Å². The molecule has 53 heavy (non-hydrogen) atoms. The standard InChI is InChI=1S/C49H31N3S/c1-4-13-32(14-5-1)38-27-39(33-15-6-2-7-16-33)29-40(28-38)49-51-47(35-18-8-3-9-19-35)50-48(52-49)37-24-26-44-43-25-23-36(30-45(43)53-46(44)31-37)42-22-12-20-34-17-10-11-21-41(34)42/h1-31H. The lowest BCUT2D eigenvalue weighted by Gasteiger charge is -2.12. The van der Waals surface area contributed by atoms with Crippen LogP contribution in [0.2, 0.25) is 0 Å². The van der Waals surface area contributed by atoms with E-state index in [2.05, 4.69) is 158 Å². The first-order chi connectivity index (χ1) is 26.2. The minimum absolute atomic E-state index is 0.639. The minimum atomic E-state index is 0.639. The molecule has 0 aliphatic carbocycles. The molecular weight excluding hydrogens is 663 g/mol. The molecular formula is C49H31N3S. The molecule has 0 spiro atoms. The molecule has 10 rings (SSSR count). The van der Waals surface area contributed by atoms with Gasteiger partial charge in [0.1, 0.15) is 0 Å². The van der Waals surface area contributed by atoms with Gasteiger partial charge in [0, 0.05) is 36.9 Å². The number of benzene rings is 8. The van der Waals surface area contributed by atoms with Crippen molar-refractivity contribution < 1.29 is 0 Å². The summed E-state index contributed by atoms with van der Waals surface area (Å²) in [5.74, 6) is 1.93. The molecule has 0 aliphatic rings. The van der Waals surface area contributed by atoms with E-state index in [0.717, 1.165) is 38.9 Å². The maximum absolute atomic E-state index is 5.19. The summed E-state index contributed by atoms with van der Waals surface area (Å²) in [6.45, 7) is 0. The second-order valence-electron chi connectivity index (χ2n) is 13.3. The Morgan fingerprint density at radius 1 is 0.283 bits per heavy atom. The third kappa shape index (κ3) is 5.85. The van der Waals surface area contributed by atoms with E-state index in [4.69, 9.17) is 15.0 Å². The first kappa shape index (κ1) is 31.0. The molecule has 0 bridgehead atoms. The fraction of sp³-hybridized carbons (Fsp3) is 0. The van der Waals surface area contributed by atoms with Crippen LogP contribution in [0.15, 0.2) is 188 Å². The van der Waals surface area contributed by atoms with Crippen LogP contribution in [0.5, 0.6) is 0 Å². The fourth-order valence-electron chi connectivity index (χ4n) is 7.26. The van der Waals surface area contributed by atoms with Crippen LogP contribution in [-0.2, 0) is 0 Å². The number of rotatable bonds is 6. The van der Waals surface area contributed by atoms with Crippen LogP contribution in [-0.4, -0.2) is 15.0 Å². The molecule has 0 aliphatic heterocycles. The van der Waals surface area contributed by atoms with Crippen LogP contribution < -0.4 is 0 Å². The van der Waals surface area contributed by atoms with Crippen LogP contribution in [0.1, 0.15) is 0 Å². The maximum atomic E-state index is 5.19. The molecule has 0 amide bonds. The Morgan fingerprint density at radius 3 is 1.40 bits per heavy atom. The van der Waals surface area contributed by atoms with Crippen LogP contribution in [0.25, 0.3) is 98.5 Å². The average Bonchev–Trinajstić information content (AvgIpc) is 3.61. The van der Waals surface area contributed by atoms with Gasteiger partial charge in [-0.1, -0.05) is 158 Å². The molecule has 0 saturated carbocycles. The van der Waals surface area contributed by atoms with Crippen LogP contribution in [0.4, 0.5) is 0 Å². The molecule has 0 atom stereocenters. The second kappa shape index (κ2) is 13.1. The van der Waals surface area contributed by atoms with Gasteiger partial charge in [0.2, 0.25) is 0 Å². The third-order valence-electron chi connectivity index (χ3n) is 9.91. The van der Waals surface area contributed by atoms with Gasteiger partial charge in [-0.3, -0.25) is 0 Å². The van der Waals surface area contributed by atoms with Crippen molar-refractivity contribution in [2.45, 2.75) is 0 Å². The summed E-state index contributed by atoms with van der Waals surface area (Å²) >= 11 is 1.81. The molecule has 3 nitrogen and oxygen atoms in total. The van der Waals surface area contributed by atoms with Crippen molar-refractivity contribution in [1.82, 2.24) is 15.0 Å². The van der Waals surface area contributed by atoms with Crippen LogP contribution in [0.3, 0.4) is 0 Å². The highest BCUT2D eigenvalue weighted by Crippen LogP contribution is 2.40. The Kier molecular flexibility index (Phi) is 7.67. The lowest BCUT2D eigenvalue weighted by molar-refractivity contribution is 1.07. The molecule has 248 valence electrons. The highest BCUT2D eigenvalue weighted by molar-refractivity contribution is 7.25. The van der Waals surface area contributed by atoms with Crippen molar-refractivity contribution in [2.75, 3.05) is 0 Å². The van der Waals surface area contributed by atoms with Crippen molar-refractivity contribution in [2.24, 2.45) is 0 Å². The molecule has 0 N–H and O–H groups in total. The van der Waals surface area contributed by atoms with Gasteiger partial charge < -0.3 is 0 Å². The predicted octanol–water partition coefficient (Wildman–Crippen LogP) is 13.4. The minimum Gasteiger partial charge on any atom is -0.208 e. The zero-order chi connectivity index (χ0) is 35.1. The van der Waals surface area contributed by atoms with Gasteiger partial charge in [0.15, 0.2) is 17.5 Å². The molecule has 8 aromatic carbocycles. The summed E-state index contributed by atoms with van der Waals surface area (Å²) in [6.07, 6.45) is 0. The summed E-state index contributed by atoms with van der Waals surface area (Å²) in [6, 6.07) is 66.4. The molecule has 0 unspecified atom stereocenters. The van der Waals surface area contributed by atoms with Gasteiger partial charge in [-0.05, 0) is 74.5 Å². The molecule has 4 heteroatoms. The van der Waals surface area contributed by atoms with Crippen LogP contribution >= 0.6 is 11.3 Å². The monoisotopic (exact) mass is 693 g/mol. The van der Waals surface area contributed by atoms with Gasteiger partial charge in [0.25, 0.3) is 0 Å². The van der Waals surface area contributed by atoms with Crippen molar-refractivity contribution >= 4 is 42.3 Å². The Labute approximate surface area is 311 Å². The third-order valence-corrected chi connectivity index (χ3v) is 11.0. The van der Waals surface area contributed by atoms with Crippen molar-refractivity contribution in [3.05, 3.63) is 188 Å². The van der Waals surface area contributed by atoms with Gasteiger partial charge in [-0.15, -0.1) is 11.3 Å². The Hall–Kier alpha value is -6.75. The molecule has 10 aromatic rings.